The molecule has 0 bridgehead atoms. The van der Waals surface area contributed by atoms with Gasteiger partial charge in [-0.1, -0.05) is 35.9 Å². The second-order valence-corrected chi connectivity index (χ2v) is 12.1. The third kappa shape index (κ3) is 3.44. The van der Waals surface area contributed by atoms with Crippen molar-refractivity contribution >= 4 is 44.5 Å². The van der Waals surface area contributed by atoms with Gasteiger partial charge in [0.2, 0.25) is 11.9 Å². The van der Waals surface area contributed by atoms with Gasteiger partial charge in [0.05, 0.1) is 30.2 Å². The Balaban J connectivity index is 1.45. The summed E-state index contributed by atoms with van der Waals surface area (Å²) in [6.45, 7) is 1.87. The van der Waals surface area contributed by atoms with Crippen LogP contribution in [0.25, 0.3) is 10.8 Å². The van der Waals surface area contributed by atoms with Gasteiger partial charge in [0, 0.05) is 13.0 Å². The molecule has 2 atom stereocenters. The lowest BCUT2D eigenvalue weighted by molar-refractivity contribution is 0.461. The molecule has 0 fully saturated rings. The highest BCUT2D eigenvalue weighted by Gasteiger charge is 2.40. The molecule has 0 saturated carbocycles. The number of aromatic nitrogens is 2. The lowest BCUT2D eigenvalue weighted by atomic mass is 10.0. The van der Waals surface area contributed by atoms with Gasteiger partial charge >= 0.3 is 0 Å². The van der Waals surface area contributed by atoms with Crippen molar-refractivity contribution in [2.45, 2.75) is 31.2 Å². The van der Waals surface area contributed by atoms with Crippen LogP contribution in [-0.4, -0.2) is 43.3 Å². The minimum absolute atomic E-state index is 0.181. The molecular formula is C21H22ClN5O2S2. The smallest absolute Gasteiger partial charge is 0.257 e. The molecule has 31 heavy (non-hydrogen) atoms. The Labute approximate surface area is 190 Å². The Bertz CT molecular complexity index is 1290. The van der Waals surface area contributed by atoms with E-state index in [4.69, 9.17) is 21.8 Å². The largest absolute Gasteiger partial charge is 0.420 e. The predicted molar refractivity (Wildman–Crippen MR) is 126 cm³/mol. The molecule has 0 amide bonds. The third-order valence-electron chi connectivity index (χ3n) is 5.92. The SMILES string of the molecule is C=S1(=O)C[C@@](C)(c2sc(-c3nnc(C4Cc5ccccc5C4)o3)cc2Cl)N=C(N)N1C. The number of thiophene rings is 1. The number of fused-ring (bicyclic) bond motifs is 1. The molecule has 2 aromatic heterocycles. The molecule has 2 aliphatic rings. The summed E-state index contributed by atoms with van der Waals surface area (Å²) >= 11 is 7.98. The topological polar surface area (TPSA) is 97.6 Å². The summed E-state index contributed by atoms with van der Waals surface area (Å²) in [5, 5.41) is 9.08. The maximum Gasteiger partial charge on any atom is 0.257 e. The fraction of sp³-hybridized carbons (Fsp3) is 0.333. The Morgan fingerprint density at radius 1 is 1.32 bits per heavy atom. The van der Waals surface area contributed by atoms with Gasteiger partial charge in [0.15, 0.2) is 0 Å². The standard InChI is InChI=1S/C21H22ClN5O2S2/c1-21(11-31(3,28)27(2)20(23)24-21)17-15(22)10-16(30-17)19-26-25-18(29-19)14-8-12-6-4-5-7-13(12)9-14/h4-7,10,14H,3,8-9,11H2,1-2H3,(H2,23,24)/t21-,31?/m0/s1. The second-order valence-electron chi connectivity index (χ2n) is 8.27. The number of nitrogens with two attached hydrogens (primary N) is 1. The van der Waals surface area contributed by atoms with E-state index in [1.54, 1.807) is 13.1 Å². The monoisotopic (exact) mass is 475 g/mol. The van der Waals surface area contributed by atoms with Crippen molar-refractivity contribution in [1.29, 1.82) is 0 Å². The Kier molecular flexibility index (Phi) is 4.69. The Morgan fingerprint density at radius 3 is 2.65 bits per heavy atom. The van der Waals surface area contributed by atoms with Gasteiger partial charge < -0.3 is 10.2 Å². The third-order valence-corrected chi connectivity index (χ3v) is 9.90. The van der Waals surface area contributed by atoms with Crippen molar-refractivity contribution in [3.63, 3.8) is 0 Å². The van der Waals surface area contributed by atoms with E-state index in [-0.39, 0.29) is 17.6 Å². The summed E-state index contributed by atoms with van der Waals surface area (Å²) in [7, 11) is -0.962. The van der Waals surface area contributed by atoms with Crippen molar-refractivity contribution in [2.24, 2.45) is 10.7 Å². The number of nitrogens with zero attached hydrogens (tertiary/aromatic N) is 4. The quantitative estimate of drug-likeness (QED) is 0.585. The van der Waals surface area contributed by atoms with Crippen LogP contribution in [0, 0.1) is 0 Å². The molecule has 10 heteroatoms. The molecule has 3 heterocycles. The fourth-order valence-electron chi connectivity index (χ4n) is 4.25. The zero-order valence-corrected chi connectivity index (χ0v) is 19.6. The van der Waals surface area contributed by atoms with Crippen molar-refractivity contribution < 1.29 is 8.63 Å². The number of benzene rings is 1. The number of aliphatic imine (C=N–C) groups is 1. The molecule has 0 spiro atoms. The number of hydrogen-bond acceptors (Lipinski definition) is 7. The maximum atomic E-state index is 12.9. The van der Waals surface area contributed by atoms with Gasteiger partial charge in [-0.2, -0.15) is 0 Å². The van der Waals surface area contributed by atoms with Gasteiger partial charge in [-0.05, 0) is 42.8 Å². The number of rotatable bonds is 3. The van der Waals surface area contributed by atoms with Crippen LogP contribution in [0.2, 0.25) is 5.02 Å². The summed E-state index contributed by atoms with van der Waals surface area (Å²) in [5.41, 5.74) is 7.84. The van der Waals surface area contributed by atoms with Crippen LogP contribution >= 0.6 is 22.9 Å². The molecule has 0 radical (unpaired) electrons. The van der Waals surface area contributed by atoms with E-state index in [1.165, 1.54) is 26.8 Å². The van der Waals surface area contributed by atoms with Crippen molar-refractivity contribution in [3.05, 3.63) is 57.2 Å². The van der Waals surface area contributed by atoms with Gasteiger partial charge in [0.1, 0.15) is 5.54 Å². The molecule has 1 aliphatic carbocycles. The minimum atomic E-state index is -2.60. The first-order valence-electron chi connectivity index (χ1n) is 9.81. The molecule has 0 saturated heterocycles. The van der Waals surface area contributed by atoms with E-state index in [2.05, 4.69) is 45.3 Å². The first-order valence-corrected chi connectivity index (χ1v) is 12.9. The number of hydrogen-bond donors (Lipinski definition) is 1. The number of halogens is 1. The molecule has 2 N–H and O–H groups in total. The lowest BCUT2D eigenvalue weighted by Gasteiger charge is -2.36. The summed E-state index contributed by atoms with van der Waals surface area (Å²) in [6.07, 6.45) is 1.79. The maximum absolute atomic E-state index is 12.9. The Hall–Kier alpha value is -2.36. The fourth-order valence-corrected chi connectivity index (χ4v) is 7.56. The summed E-state index contributed by atoms with van der Waals surface area (Å²) in [5.74, 6) is 5.49. The highest BCUT2D eigenvalue weighted by Crippen LogP contribution is 2.44. The van der Waals surface area contributed by atoms with Gasteiger partial charge in [0.25, 0.3) is 5.89 Å². The van der Waals surface area contributed by atoms with E-state index in [0.717, 1.165) is 22.6 Å². The normalized spacial score (nSPS) is 26.2. The van der Waals surface area contributed by atoms with E-state index < -0.39 is 15.2 Å². The summed E-state index contributed by atoms with van der Waals surface area (Å²) < 4.78 is 20.4. The van der Waals surface area contributed by atoms with E-state index in [9.17, 15) is 4.21 Å². The Morgan fingerprint density at radius 2 is 2.00 bits per heavy atom. The van der Waals surface area contributed by atoms with Crippen LogP contribution in [-0.2, 0) is 28.1 Å². The summed E-state index contributed by atoms with van der Waals surface area (Å²) in [6, 6.07) is 10.2. The summed E-state index contributed by atoms with van der Waals surface area (Å²) in [4.78, 5) is 6.08. The van der Waals surface area contributed by atoms with E-state index >= 15 is 0 Å². The average Bonchev–Trinajstić information content (AvgIpc) is 3.42. The minimum Gasteiger partial charge on any atom is -0.420 e. The molecule has 1 aliphatic heterocycles. The van der Waals surface area contributed by atoms with E-state index in [0.29, 0.717) is 16.8 Å². The van der Waals surface area contributed by atoms with Crippen LogP contribution in [0.3, 0.4) is 0 Å². The van der Waals surface area contributed by atoms with E-state index in [1.807, 2.05) is 6.92 Å². The van der Waals surface area contributed by atoms with Gasteiger partial charge in [-0.3, -0.25) is 4.31 Å². The molecule has 1 aromatic carbocycles. The molecule has 162 valence electrons. The van der Waals surface area contributed by atoms with Gasteiger partial charge in [-0.25, -0.2) is 9.20 Å². The predicted octanol–water partition coefficient (Wildman–Crippen LogP) is 3.44. The molecular weight excluding hydrogens is 454 g/mol. The lowest BCUT2D eigenvalue weighted by Crippen LogP contribution is -2.50. The van der Waals surface area contributed by atoms with Crippen LogP contribution in [0.4, 0.5) is 0 Å². The zero-order chi connectivity index (χ0) is 22.0. The van der Waals surface area contributed by atoms with Crippen LogP contribution in [0.5, 0.6) is 0 Å². The molecule has 1 unspecified atom stereocenters. The second kappa shape index (κ2) is 7.08. The first-order chi connectivity index (χ1) is 14.7. The number of guanidine groups is 1. The van der Waals surface area contributed by atoms with Crippen molar-refractivity contribution in [1.82, 2.24) is 14.5 Å². The van der Waals surface area contributed by atoms with Crippen molar-refractivity contribution in [3.8, 4) is 10.8 Å². The highest BCUT2D eigenvalue weighted by molar-refractivity contribution is 7.98. The molecule has 3 aromatic rings. The van der Waals surface area contributed by atoms with Crippen LogP contribution in [0.1, 0.15) is 34.7 Å². The first kappa shape index (κ1) is 20.5. The average molecular weight is 476 g/mol. The molecule has 5 rings (SSSR count). The molecule has 7 nitrogen and oxygen atoms in total. The van der Waals surface area contributed by atoms with Crippen molar-refractivity contribution in [2.75, 3.05) is 12.8 Å². The van der Waals surface area contributed by atoms with Crippen LogP contribution in [0.15, 0.2) is 39.7 Å². The highest BCUT2D eigenvalue weighted by atomic mass is 35.5. The van der Waals surface area contributed by atoms with Crippen LogP contribution < -0.4 is 5.73 Å². The zero-order valence-electron chi connectivity index (χ0n) is 17.2. The van der Waals surface area contributed by atoms with Gasteiger partial charge in [-0.15, -0.1) is 21.5 Å².